The first-order valence-electron chi connectivity index (χ1n) is 8.53. The summed E-state index contributed by atoms with van der Waals surface area (Å²) >= 11 is 0. The molecule has 1 N–H and O–H groups in total. The first kappa shape index (κ1) is 14.8. The zero-order chi connectivity index (χ0) is 17.5. The van der Waals surface area contributed by atoms with Crippen molar-refractivity contribution >= 4 is 21.9 Å². The molecule has 4 aromatic heterocycles. The van der Waals surface area contributed by atoms with Crippen molar-refractivity contribution in [3.63, 3.8) is 0 Å². The molecule has 0 bridgehead atoms. The van der Waals surface area contributed by atoms with Crippen molar-refractivity contribution in [3.05, 3.63) is 79.0 Å². The second-order valence-electron chi connectivity index (χ2n) is 6.36. The molecule has 0 radical (unpaired) electrons. The molecule has 0 atom stereocenters. The molecule has 0 amide bonds. The molecule has 124 valence electrons. The minimum Gasteiger partial charge on any atom is -0.360 e. The number of aryl methyl sites for hydroxylation is 1. The zero-order valence-corrected chi connectivity index (χ0v) is 14.3. The molecule has 4 heteroatoms. The van der Waals surface area contributed by atoms with Crippen LogP contribution in [-0.4, -0.2) is 19.9 Å². The number of fused-ring (bicyclic) bond motifs is 2. The van der Waals surface area contributed by atoms with Gasteiger partial charge in [-0.25, -0.2) is 0 Å². The second-order valence-corrected chi connectivity index (χ2v) is 6.36. The highest BCUT2D eigenvalue weighted by atomic mass is 14.8. The maximum Gasteiger partial charge on any atom is 0.0881 e. The van der Waals surface area contributed by atoms with Crippen molar-refractivity contribution in [2.24, 2.45) is 0 Å². The van der Waals surface area contributed by atoms with E-state index in [0.717, 1.165) is 44.2 Å². The molecule has 1 aromatic carbocycles. The molecule has 5 rings (SSSR count). The number of hydrogen-bond donors (Lipinski definition) is 1. The molecule has 4 nitrogen and oxygen atoms in total. The lowest BCUT2D eigenvalue weighted by Crippen LogP contribution is -1.90. The van der Waals surface area contributed by atoms with Gasteiger partial charge in [0.05, 0.1) is 16.6 Å². The predicted octanol–water partition coefficient (Wildman–Crippen LogP) is 5.15. The molecular formula is C22H16N4. The Hall–Kier alpha value is -3.53. The molecule has 5 aromatic rings. The molecule has 0 saturated carbocycles. The fourth-order valence-corrected chi connectivity index (χ4v) is 3.52. The largest absolute Gasteiger partial charge is 0.360 e. The van der Waals surface area contributed by atoms with Crippen molar-refractivity contribution in [2.45, 2.75) is 6.92 Å². The Morgan fingerprint density at radius 1 is 0.769 bits per heavy atom. The summed E-state index contributed by atoms with van der Waals surface area (Å²) in [6.07, 6.45) is 9.38. The van der Waals surface area contributed by atoms with Crippen LogP contribution in [0.1, 0.15) is 5.56 Å². The van der Waals surface area contributed by atoms with Gasteiger partial charge in [-0.05, 0) is 65.6 Å². The highest BCUT2D eigenvalue weighted by Crippen LogP contribution is 2.33. The highest BCUT2D eigenvalue weighted by Gasteiger charge is 2.11. The first-order chi connectivity index (χ1) is 12.8. The van der Waals surface area contributed by atoms with E-state index in [0.29, 0.717) is 0 Å². The van der Waals surface area contributed by atoms with Crippen LogP contribution in [0.3, 0.4) is 0 Å². The highest BCUT2D eigenvalue weighted by molar-refractivity contribution is 5.97. The molecule has 0 saturated heterocycles. The smallest absolute Gasteiger partial charge is 0.0881 e. The third kappa shape index (κ3) is 2.27. The molecule has 0 aliphatic rings. The molecule has 4 heterocycles. The van der Waals surface area contributed by atoms with Crippen molar-refractivity contribution in [1.29, 1.82) is 0 Å². The molecule has 0 spiro atoms. The van der Waals surface area contributed by atoms with Gasteiger partial charge in [0.1, 0.15) is 0 Å². The van der Waals surface area contributed by atoms with Crippen LogP contribution in [0.4, 0.5) is 0 Å². The first-order valence-corrected chi connectivity index (χ1v) is 8.53. The van der Waals surface area contributed by atoms with E-state index in [9.17, 15) is 0 Å². The van der Waals surface area contributed by atoms with E-state index in [2.05, 4.69) is 51.1 Å². The normalized spacial score (nSPS) is 11.3. The van der Waals surface area contributed by atoms with Crippen LogP contribution in [0.25, 0.3) is 44.2 Å². The van der Waals surface area contributed by atoms with Gasteiger partial charge in [-0.3, -0.25) is 15.0 Å². The number of rotatable bonds is 2. The lowest BCUT2D eigenvalue weighted by molar-refractivity contribution is 1.33. The van der Waals surface area contributed by atoms with E-state index < -0.39 is 0 Å². The Balaban J connectivity index is 1.76. The maximum atomic E-state index is 4.58. The van der Waals surface area contributed by atoms with Crippen molar-refractivity contribution in [2.75, 3.05) is 0 Å². The number of aromatic amines is 1. The summed E-state index contributed by atoms with van der Waals surface area (Å²) < 4.78 is 0. The Bertz CT molecular complexity index is 1240. The molecule has 0 unspecified atom stereocenters. The quantitative estimate of drug-likeness (QED) is 0.485. The number of nitrogens with one attached hydrogen (secondary N) is 1. The molecule has 26 heavy (non-hydrogen) atoms. The Morgan fingerprint density at radius 2 is 1.65 bits per heavy atom. The van der Waals surface area contributed by atoms with E-state index in [1.165, 1.54) is 5.56 Å². The number of hydrogen-bond acceptors (Lipinski definition) is 3. The third-order valence-electron chi connectivity index (χ3n) is 4.88. The van der Waals surface area contributed by atoms with E-state index in [1.54, 1.807) is 0 Å². The zero-order valence-electron chi connectivity index (χ0n) is 14.3. The van der Waals surface area contributed by atoms with Crippen molar-refractivity contribution in [1.82, 2.24) is 19.9 Å². The fraction of sp³-hybridized carbons (Fsp3) is 0.0455. The van der Waals surface area contributed by atoms with Gasteiger partial charge < -0.3 is 4.98 Å². The summed E-state index contributed by atoms with van der Waals surface area (Å²) in [6.45, 7) is 2.13. The van der Waals surface area contributed by atoms with Gasteiger partial charge in [0.2, 0.25) is 0 Å². The number of benzene rings is 1. The van der Waals surface area contributed by atoms with Crippen molar-refractivity contribution in [3.8, 4) is 22.3 Å². The Kier molecular flexibility index (Phi) is 3.28. The SMILES string of the molecule is Cc1c(-c2ccc3nccc(-c4ccncc4)c3c2)cnc2cc[nH]c12. The molecular weight excluding hydrogens is 320 g/mol. The van der Waals surface area contributed by atoms with Crippen LogP contribution < -0.4 is 0 Å². The molecule has 0 fully saturated rings. The molecule has 0 aliphatic heterocycles. The summed E-state index contributed by atoms with van der Waals surface area (Å²) in [5, 5.41) is 1.13. The third-order valence-corrected chi connectivity index (χ3v) is 4.88. The summed E-state index contributed by atoms with van der Waals surface area (Å²) in [4.78, 5) is 16.5. The van der Waals surface area contributed by atoms with Crippen LogP contribution in [0.15, 0.2) is 73.4 Å². The van der Waals surface area contributed by atoms with Crippen LogP contribution in [0.5, 0.6) is 0 Å². The van der Waals surface area contributed by atoms with Gasteiger partial charge in [-0.2, -0.15) is 0 Å². The minimum atomic E-state index is 0.981. The topological polar surface area (TPSA) is 54.5 Å². The van der Waals surface area contributed by atoms with Gasteiger partial charge in [-0.15, -0.1) is 0 Å². The van der Waals surface area contributed by atoms with Crippen molar-refractivity contribution < 1.29 is 0 Å². The second kappa shape index (κ2) is 5.77. The van der Waals surface area contributed by atoms with Gasteiger partial charge in [0.25, 0.3) is 0 Å². The molecule has 0 aliphatic carbocycles. The standard InChI is InChI=1S/C22H16N4/c1-14-19(13-26-21-7-11-25-22(14)21)16-2-3-20-18(12-16)17(6-10-24-20)15-4-8-23-9-5-15/h2-13,25H,1H3. The van der Waals surface area contributed by atoms with Crippen LogP contribution in [0, 0.1) is 6.92 Å². The number of H-pyrrole nitrogens is 1. The summed E-state index contributed by atoms with van der Waals surface area (Å²) in [5.41, 5.74) is 8.83. The number of pyridine rings is 3. The van der Waals surface area contributed by atoms with E-state index >= 15 is 0 Å². The summed E-state index contributed by atoms with van der Waals surface area (Å²) in [7, 11) is 0. The fourth-order valence-electron chi connectivity index (χ4n) is 3.52. The van der Waals surface area contributed by atoms with Gasteiger partial charge >= 0.3 is 0 Å². The lowest BCUT2D eigenvalue weighted by atomic mass is 9.96. The summed E-state index contributed by atoms with van der Waals surface area (Å²) in [6, 6.07) is 14.5. The van der Waals surface area contributed by atoms with E-state index in [4.69, 9.17) is 0 Å². The monoisotopic (exact) mass is 336 g/mol. The average Bonchev–Trinajstić information content (AvgIpc) is 3.18. The van der Waals surface area contributed by atoms with Crippen LogP contribution in [-0.2, 0) is 0 Å². The van der Waals surface area contributed by atoms with Crippen LogP contribution >= 0.6 is 0 Å². The Labute approximate surface area is 150 Å². The Morgan fingerprint density at radius 3 is 2.54 bits per heavy atom. The maximum absolute atomic E-state index is 4.58. The minimum absolute atomic E-state index is 0.981. The average molecular weight is 336 g/mol. The van der Waals surface area contributed by atoms with Gasteiger partial charge in [0, 0.05) is 41.9 Å². The lowest BCUT2D eigenvalue weighted by Gasteiger charge is -2.10. The van der Waals surface area contributed by atoms with E-state index in [1.807, 2.05) is 49.2 Å². The van der Waals surface area contributed by atoms with Crippen LogP contribution in [0.2, 0.25) is 0 Å². The number of aromatic nitrogens is 4. The van der Waals surface area contributed by atoms with Gasteiger partial charge in [0.15, 0.2) is 0 Å². The predicted molar refractivity (Wildman–Crippen MR) is 105 cm³/mol. The van der Waals surface area contributed by atoms with Gasteiger partial charge in [-0.1, -0.05) is 6.07 Å². The summed E-state index contributed by atoms with van der Waals surface area (Å²) in [5.74, 6) is 0. The van der Waals surface area contributed by atoms with E-state index in [-0.39, 0.29) is 0 Å². The number of nitrogens with zero attached hydrogens (tertiary/aromatic N) is 3.